The molecule has 1 fully saturated rings. The van der Waals surface area contributed by atoms with E-state index in [-0.39, 0.29) is 0 Å². The molecule has 0 heterocycles. The summed E-state index contributed by atoms with van der Waals surface area (Å²) in [6, 6.07) is 7.01. The third-order valence-electron chi connectivity index (χ3n) is 5.91. The van der Waals surface area contributed by atoms with Gasteiger partial charge in [0.15, 0.2) is 0 Å². The minimum Gasteiger partial charge on any atom is -0.359 e. The fourth-order valence-corrected chi connectivity index (χ4v) is 3.95. The number of hydrogen-bond donors (Lipinski definition) is 2. The maximum absolute atomic E-state index is 4.31. The summed E-state index contributed by atoms with van der Waals surface area (Å²) in [7, 11) is 2.01. The van der Waals surface area contributed by atoms with Crippen LogP contribution in [0.15, 0.2) is 42.1 Å². The van der Waals surface area contributed by atoms with E-state index in [4.69, 9.17) is 0 Å². The van der Waals surface area contributed by atoms with Crippen molar-refractivity contribution in [1.29, 1.82) is 0 Å². The number of anilines is 1. The molecule has 0 radical (unpaired) electrons. The third kappa shape index (κ3) is 5.74. The lowest BCUT2D eigenvalue weighted by atomic mass is 9.87. The zero-order valence-corrected chi connectivity index (χ0v) is 17.3. The number of hydrogen-bond acceptors (Lipinski definition) is 2. The largest absolute Gasteiger partial charge is 0.359 e. The van der Waals surface area contributed by atoms with Gasteiger partial charge in [-0.15, -0.1) is 0 Å². The molecule has 1 aromatic carbocycles. The second-order valence-electron chi connectivity index (χ2n) is 7.82. The molecule has 2 heteroatoms. The number of rotatable bonds is 10. The Morgan fingerprint density at radius 2 is 2.19 bits per heavy atom. The smallest absolute Gasteiger partial charge is 0.0384 e. The van der Waals surface area contributed by atoms with Crippen LogP contribution in [0.25, 0.3) is 0 Å². The average molecular weight is 355 g/mol. The Morgan fingerprint density at radius 3 is 2.81 bits per heavy atom. The molecule has 1 saturated carbocycles. The first kappa shape index (κ1) is 20.8. The first-order valence-electron chi connectivity index (χ1n) is 10.5. The second-order valence-corrected chi connectivity index (χ2v) is 7.82. The van der Waals surface area contributed by atoms with Gasteiger partial charge < -0.3 is 10.6 Å². The van der Waals surface area contributed by atoms with Gasteiger partial charge in [0.2, 0.25) is 0 Å². The van der Waals surface area contributed by atoms with Crippen LogP contribution in [0.1, 0.15) is 76.3 Å². The lowest BCUT2D eigenvalue weighted by molar-refractivity contribution is 0.614. The molecule has 0 amide bonds. The highest BCUT2D eigenvalue weighted by Crippen LogP contribution is 2.35. The summed E-state index contributed by atoms with van der Waals surface area (Å²) in [6.45, 7) is 12.1. The van der Waals surface area contributed by atoms with Crippen molar-refractivity contribution < 1.29 is 0 Å². The van der Waals surface area contributed by atoms with Crippen LogP contribution in [0, 0.1) is 5.92 Å². The molecule has 1 aromatic rings. The van der Waals surface area contributed by atoms with Crippen LogP contribution in [0.5, 0.6) is 0 Å². The molecular formula is C24H38N2. The number of allylic oxidation sites excluding steroid dienone is 3. The molecule has 0 bridgehead atoms. The maximum atomic E-state index is 4.31. The summed E-state index contributed by atoms with van der Waals surface area (Å²) >= 11 is 0. The molecule has 0 spiro atoms. The predicted molar refractivity (Wildman–Crippen MR) is 116 cm³/mol. The monoisotopic (exact) mass is 354 g/mol. The normalized spacial score (nSPS) is 19.0. The van der Waals surface area contributed by atoms with Gasteiger partial charge in [0.25, 0.3) is 0 Å². The lowest BCUT2D eigenvalue weighted by Gasteiger charge is -2.21. The van der Waals surface area contributed by atoms with Crippen LogP contribution in [-0.2, 0) is 6.42 Å². The Labute approximate surface area is 161 Å². The van der Waals surface area contributed by atoms with Crippen LogP contribution >= 0.6 is 0 Å². The standard InChI is InChI=1S/C24H38N2/c1-6-18(3)24-17-23(26-22(7-2)12-9-15-25-5)14-13-21(24)16-20-11-8-10-19(20)4/h7,13-14,17-18,20,25-26H,4,6,8-12,15-16H2,1-3,5H3/b22-7-. The summed E-state index contributed by atoms with van der Waals surface area (Å²) in [5.41, 5.74) is 7.04. The van der Waals surface area contributed by atoms with Gasteiger partial charge in [-0.05, 0) is 101 Å². The molecule has 2 rings (SSSR count). The van der Waals surface area contributed by atoms with Crippen LogP contribution in [0.4, 0.5) is 5.69 Å². The van der Waals surface area contributed by atoms with Crippen molar-refractivity contribution >= 4 is 5.69 Å². The molecule has 1 aliphatic carbocycles. The van der Waals surface area contributed by atoms with Crippen LogP contribution < -0.4 is 10.6 Å². The number of benzene rings is 1. The number of nitrogens with one attached hydrogen (secondary N) is 2. The highest BCUT2D eigenvalue weighted by Gasteiger charge is 2.21. The summed E-state index contributed by atoms with van der Waals surface area (Å²) in [6.07, 6.45) is 10.6. The van der Waals surface area contributed by atoms with Crippen molar-refractivity contribution in [2.24, 2.45) is 5.92 Å². The summed E-state index contributed by atoms with van der Waals surface area (Å²) in [4.78, 5) is 0. The van der Waals surface area contributed by atoms with E-state index in [9.17, 15) is 0 Å². The second kappa shape index (κ2) is 10.6. The van der Waals surface area contributed by atoms with Gasteiger partial charge in [0.1, 0.15) is 0 Å². The van der Waals surface area contributed by atoms with Crippen LogP contribution in [0.3, 0.4) is 0 Å². The van der Waals surface area contributed by atoms with E-state index >= 15 is 0 Å². The van der Waals surface area contributed by atoms with Gasteiger partial charge >= 0.3 is 0 Å². The van der Waals surface area contributed by atoms with Gasteiger partial charge in [-0.2, -0.15) is 0 Å². The molecule has 144 valence electrons. The zero-order chi connectivity index (χ0) is 18.9. The summed E-state index contributed by atoms with van der Waals surface area (Å²) in [5, 5.41) is 6.88. The van der Waals surface area contributed by atoms with E-state index in [1.54, 1.807) is 0 Å². The first-order valence-corrected chi connectivity index (χ1v) is 10.5. The topological polar surface area (TPSA) is 24.1 Å². The molecule has 2 unspecified atom stereocenters. The SMILES string of the molecule is C=C1CCCC1Cc1ccc(N/C(=C\C)CCCNC)cc1C(C)CC. The van der Waals surface area contributed by atoms with Crippen molar-refractivity contribution in [1.82, 2.24) is 5.32 Å². The molecule has 2 atom stereocenters. The van der Waals surface area contributed by atoms with E-state index in [0.717, 1.165) is 25.8 Å². The lowest BCUT2D eigenvalue weighted by Crippen LogP contribution is -2.10. The first-order chi connectivity index (χ1) is 12.6. The van der Waals surface area contributed by atoms with Crippen molar-refractivity contribution in [3.63, 3.8) is 0 Å². The Morgan fingerprint density at radius 1 is 1.38 bits per heavy atom. The predicted octanol–water partition coefficient (Wildman–Crippen LogP) is 6.41. The maximum Gasteiger partial charge on any atom is 0.0384 e. The fraction of sp³-hybridized carbons (Fsp3) is 0.583. The summed E-state index contributed by atoms with van der Waals surface area (Å²) < 4.78 is 0. The van der Waals surface area contributed by atoms with Gasteiger partial charge in [-0.1, -0.05) is 38.1 Å². The van der Waals surface area contributed by atoms with Gasteiger partial charge in [-0.3, -0.25) is 0 Å². The van der Waals surface area contributed by atoms with E-state index in [1.165, 1.54) is 53.8 Å². The van der Waals surface area contributed by atoms with E-state index in [1.807, 2.05) is 7.05 Å². The molecule has 26 heavy (non-hydrogen) atoms. The highest BCUT2D eigenvalue weighted by molar-refractivity contribution is 5.53. The van der Waals surface area contributed by atoms with E-state index < -0.39 is 0 Å². The third-order valence-corrected chi connectivity index (χ3v) is 5.91. The summed E-state index contributed by atoms with van der Waals surface area (Å²) in [5.74, 6) is 1.28. The van der Waals surface area contributed by atoms with Crippen molar-refractivity contribution in [2.75, 3.05) is 18.9 Å². The highest BCUT2D eigenvalue weighted by atomic mass is 14.9. The van der Waals surface area contributed by atoms with Crippen molar-refractivity contribution in [3.8, 4) is 0 Å². The Kier molecular flexibility index (Phi) is 8.44. The van der Waals surface area contributed by atoms with Gasteiger partial charge in [0, 0.05) is 11.4 Å². The minimum absolute atomic E-state index is 0.597. The quantitative estimate of drug-likeness (QED) is 0.374. The van der Waals surface area contributed by atoms with Crippen LogP contribution in [-0.4, -0.2) is 13.6 Å². The zero-order valence-electron chi connectivity index (χ0n) is 17.3. The van der Waals surface area contributed by atoms with Gasteiger partial charge in [0.05, 0.1) is 0 Å². The average Bonchev–Trinajstić information content (AvgIpc) is 3.06. The molecule has 2 nitrogen and oxygen atoms in total. The van der Waals surface area contributed by atoms with Gasteiger partial charge in [-0.25, -0.2) is 0 Å². The molecule has 0 aliphatic heterocycles. The van der Waals surface area contributed by atoms with Crippen molar-refractivity contribution in [3.05, 3.63) is 53.3 Å². The van der Waals surface area contributed by atoms with Crippen LogP contribution in [0.2, 0.25) is 0 Å². The van der Waals surface area contributed by atoms with Crippen molar-refractivity contribution in [2.45, 2.75) is 71.6 Å². The molecular weight excluding hydrogens is 316 g/mol. The Balaban J connectivity index is 2.15. The Hall–Kier alpha value is -1.54. The fourth-order valence-electron chi connectivity index (χ4n) is 3.95. The molecule has 0 aromatic heterocycles. The Bertz CT molecular complexity index is 615. The van der Waals surface area contributed by atoms with E-state index in [2.05, 4.69) is 62.3 Å². The molecule has 2 N–H and O–H groups in total. The molecule has 0 saturated heterocycles. The van der Waals surface area contributed by atoms with E-state index in [0.29, 0.717) is 11.8 Å². The minimum atomic E-state index is 0.597. The molecule has 1 aliphatic rings.